The van der Waals surface area contributed by atoms with Crippen molar-refractivity contribution in [2.24, 2.45) is 23.2 Å². The summed E-state index contributed by atoms with van der Waals surface area (Å²) >= 11 is 0. The molecule has 0 radical (unpaired) electrons. The summed E-state index contributed by atoms with van der Waals surface area (Å²) in [6, 6.07) is 0.0681. The lowest BCUT2D eigenvalue weighted by molar-refractivity contribution is -0.149. The maximum absolute atomic E-state index is 13.4. The first kappa shape index (κ1) is 22.8. The zero-order valence-corrected chi connectivity index (χ0v) is 18.2. The summed E-state index contributed by atoms with van der Waals surface area (Å²) in [6.07, 6.45) is 14.1. The highest BCUT2D eigenvalue weighted by Crippen LogP contribution is 2.46. The number of carbonyl (C=O) groups is 3. The molecule has 2 fully saturated rings. The van der Waals surface area contributed by atoms with Gasteiger partial charge in [0, 0.05) is 6.04 Å². The predicted molar refractivity (Wildman–Crippen MR) is 114 cm³/mol. The van der Waals surface area contributed by atoms with Gasteiger partial charge in [0.15, 0.2) is 0 Å². The van der Waals surface area contributed by atoms with E-state index in [1.165, 1.54) is 0 Å². The minimum Gasteiger partial charge on any atom is -0.481 e. The largest absolute Gasteiger partial charge is 0.481 e. The molecule has 3 aliphatic carbocycles. The molecule has 0 heterocycles. The van der Waals surface area contributed by atoms with Gasteiger partial charge in [-0.3, -0.25) is 14.4 Å². The van der Waals surface area contributed by atoms with E-state index in [0.717, 1.165) is 70.6 Å². The summed E-state index contributed by atoms with van der Waals surface area (Å²) in [5.41, 5.74) is -0.563. The van der Waals surface area contributed by atoms with Crippen molar-refractivity contribution in [1.82, 2.24) is 5.32 Å². The Morgan fingerprint density at radius 1 is 1.10 bits per heavy atom. The molecule has 0 bridgehead atoms. The Labute approximate surface area is 179 Å². The molecular formula is C24H37NO5. The number of nitrogens with one attached hydrogen (secondary N) is 1. The Balaban J connectivity index is 1.61. The SMILES string of the molecule is CCOC(=O)[C@H]1CC[C@@H](NC(=O)C2(CC(C(=O)O)C3C=CCCC3)CCCC2)CC1. The minimum absolute atomic E-state index is 0.0292. The van der Waals surface area contributed by atoms with Crippen molar-refractivity contribution in [2.75, 3.05) is 6.61 Å². The summed E-state index contributed by atoms with van der Waals surface area (Å²) in [5.74, 6) is -1.40. The number of esters is 1. The van der Waals surface area contributed by atoms with Gasteiger partial charge in [-0.25, -0.2) is 0 Å². The molecule has 0 aromatic carbocycles. The number of carboxylic acids is 1. The fraction of sp³-hybridized carbons (Fsp3) is 0.792. The van der Waals surface area contributed by atoms with Crippen molar-refractivity contribution in [3.63, 3.8) is 0 Å². The lowest BCUT2D eigenvalue weighted by atomic mass is 9.71. The van der Waals surface area contributed by atoms with Gasteiger partial charge in [0.05, 0.1) is 23.9 Å². The number of amides is 1. The molecule has 0 aliphatic heterocycles. The monoisotopic (exact) mass is 419 g/mol. The third-order valence-corrected chi connectivity index (χ3v) is 7.46. The van der Waals surface area contributed by atoms with Crippen LogP contribution >= 0.6 is 0 Å². The van der Waals surface area contributed by atoms with Crippen molar-refractivity contribution >= 4 is 17.8 Å². The van der Waals surface area contributed by atoms with Crippen molar-refractivity contribution < 1.29 is 24.2 Å². The standard InChI is InChI=1S/C24H37NO5/c1-2-30-22(28)18-10-12-19(13-11-18)25-23(29)24(14-6-7-15-24)16-20(21(26)27)17-8-4-3-5-9-17/h4,8,17-20H,2-3,5-7,9-16H2,1H3,(H,25,29)(H,26,27)/t17?,18-,19+,20?. The molecule has 168 valence electrons. The number of aliphatic carboxylic acids is 1. The Morgan fingerprint density at radius 2 is 1.80 bits per heavy atom. The van der Waals surface area contributed by atoms with Gasteiger partial charge in [0.25, 0.3) is 0 Å². The van der Waals surface area contributed by atoms with Crippen LogP contribution in [-0.4, -0.2) is 35.6 Å². The molecule has 2 N–H and O–H groups in total. The smallest absolute Gasteiger partial charge is 0.308 e. The first-order valence-corrected chi connectivity index (χ1v) is 11.8. The summed E-state index contributed by atoms with van der Waals surface area (Å²) in [7, 11) is 0. The number of carbonyl (C=O) groups excluding carboxylic acids is 2. The van der Waals surface area contributed by atoms with Crippen molar-refractivity contribution in [2.45, 2.75) is 90.0 Å². The molecule has 2 atom stereocenters. The van der Waals surface area contributed by atoms with E-state index in [9.17, 15) is 19.5 Å². The van der Waals surface area contributed by atoms with Crippen LogP contribution in [0.1, 0.15) is 84.0 Å². The topological polar surface area (TPSA) is 92.7 Å². The second-order valence-corrected chi connectivity index (χ2v) is 9.43. The van der Waals surface area contributed by atoms with Gasteiger partial charge in [-0.2, -0.15) is 0 Å². The average Bonchev–Trinajstić information content (AvgIpc) is 3.23. The molecule has 2 unspecified atom stereocenters. The first-order chi connectivity index (χ1) is 14.4. The van der Waals surface area contributed by atoms with Crippen LogP contribution in [0.25, 0.3) is 0 Å². The van der Waals surface area contributed by atoms with E-state index >= 15 is 0 Å². The first-order valence-electron chi connectivity index (χ1n) is 11.8. The van der Waals surface area contributed by atoms with E-state index in [4.69, 9.17) is 4.74 Å². The van der Waals surface area contributed by atoms with Crippen LogP contribution in [0, 0.1) is 23.2 Å². The maximum Gasteiger partial charge on any atom is 0.308 e. The molecule has 2 saturated carbocycles. The van der Waals surface area contributed by atoms with Gasteiger partial charge in [0.1, 0.15) is 0 Å². The Kier molecular flexibility index (Phi) is 7.95. The highest BCUT2D eigenvalue weighted by molar-refractivity contribution is 5.84. The molecule has 1 amide bonds. The zero-order chi connectivity index (χ0) is 21.6. The number of ether oxygens (including phenoxy) is 1. The zero-order valence-electron chi connectivity index (χ0n) is 18.2. The van der Waals surface area contributed by atoms with Crippen LogP contribution in [0.3, 0.4) is 0 Å². The number of allylic oxidation sites excluding steroid dienone is 2. The molecule has 0 saturated heterocycles. The van der Waals surface area contributed by atoms with Crippen molar-refractivity contribution in [1.29, 1.82) is 0 Å². The van der Waals surface area contributed by atoms with Gasteiger partial charge >= 0.3 is 11.9 Å². The van der Waals surface area contributed by atoms with E-state index in [1.807, 2.05) is 6.92 Å². The minimum atomic E-state index is -0.777. The average molecular weight is 420 g/mol. The number of hydrogen-bond acceptors (Lipinski definition) is 4. The molecular weight excluding hydrogens is 382 g/mol. The van der Waals surface area contributed by atoms with Crippen LogP contribution in [0.4, 0.5) is 0 Å². The van der Waals surface area contributed by atoms with Crippen LogP contribution in [-0.2, 0) is 19.1 Å². The van der Waals surface area contributed by atoms with Crippen LogP contribution in [0.15, 0.2) is 12.2 Å². The van der Waals surface area contributed by atoms with E-state index < -0.39 is 17.3 Å². The Hall–Kier alpha value is -1.85. The second kappa shape index (κ2) is 10.5. The highest BCUT2D eigenvalue weighted by Gasteiger charge is 2.46. The highest BCUT2D eigenvalue weighted by atomic mass is 16.5. The summed E-state index contributed by atoms with van der Waals surface area (Å²) in [5, 5.41) is 13.2. The van der Waals surface area contributed by atoms with E-state index in [0.29, 0.717) is 13.0 Å². The summed E-state index contributed by atoms with van der Waals surface area (Å²) in [4.78, 5) is 37.4. The van der Waals surface area contributed by atoms with Crippen molar-refractivity contribution in [3.8, 4) is 0 Å². The normalized spacial score (nSPS) is 29.2. The van der Waals surface area contributed by atoms with Gasteiger partial charge in [-0.1, -0.05) is 25.0 Å². The third-order valence-electron chi connectivity index (χ3n) is 7.46. The molecule has 6 nitrogen and oxygen atoms in total. The Bertz CT molecular complexity index is 644. The Morgan fingerprint density at radius 3 is 2.37 bits per heavy atom. The fourth-order valence-corrected chi connectivity index (χ4v) is 5.66. The summed E-state index contributed by atoms with van der Waals surface area (Å²) < 4.78 is 5.13. The maximum atomic E-state index is 13.4. The molecule has 0 aromatic heterocycles. The molecule has 0 aromatic rings. The van der Waals surface area contributed by atoms with Gasteiger partial charge in [-0.15, -0.1) is 0 Å². The quantitative estimate of drug-likeness (QED) is 0.454. The number of rotatable bonds is 8. The predicted octanol–water partition coefficient (Wildman–Crippen LogP) is 4.23. The molecule has 3 aliphatic rings. The van der Waals surface area contributed by atoms with E-state index in [1.54, 1.807) is 0 Å². The fourth-order valence-electron chi connectivity index (χ4n) is 5.66. The van der Waals surface area contributed by atoms with Crippen LogP contribution in [0.5, 0.6) is 0 Å². The lowest BCUT2D eigenvalue weighted by Gasteiger charge is -2.36. The number of carboxylic acid groups (broad SMARTS) is 1. The van der Waals surface area contributed by atoms with Crippen LogP contribution in [0.2, 0.25) is 0 Å². The second-order valence-electron chi connectivity index (χ2n) is 9.43. The third kappa shape index (κ3) is 5.44. The molecule has 0 spiro atoms. The van der Waals surface area contributed by atoms with Crippen molar-refractivity contribution in [3.05, 3.63) is 12.2 Å². The summed E-state index contributed by atoms with van der Waals surface area (Å²) in [6.45, 7) is 2.22. The molecule has 6 heteroatoms. The molecule has 30 heavy (non-hydrogen) atoms. The van der Waals surface area contributed by atoms with Gasteiger partial charge in [-0.05, 0) is 77.0 Å². The molecule has 3 rings (SSSR count). The van der Waals surface area contributed by atoms with Crippen LogP contribution < -0.4 is 5.32 Å². The van der Waals surface area contributed by atoms with Gasteiger partial charge < -0.3 is 15.2 Å². The van der Waals surface area contributed by atoms with E-state index in [-0.39, 0.29) is 29.8 Å². The lowest BCUT2D eigenvalue weighted by Crippen LogP contribution is -2.47. The number of hydrogen-bond donors (Lipinski definition) is 2. The van der Waals surface area contributed by atoms with Gasteiger partial charge in [0.2, 0.25) is 5.91 Å². The van der Waals surface area contributed by atoms with E-state index in [2.05, 4.69) is 17.5 Å².